The fourth-order valence-electron chi connectivity index (χ4n) is 9.46. The summed E-state index contributed by atoms with van der Waals surface area (Å²) >= 11 is 3.78. The van der Waals surface area contributed by atoms with Gasteiger partial charge in [-0.15, -0.1) is 0 Å². The molecular weight excluding hydrogens is 717 g/mol. The van der Waals surface area contributed by atoms with E-state index in [0.29, 0.717) is 0 Å². The second-order valence-corrected chi connectivity index (χ2v) is 21.2. The number of hydrogen-bond acceptors (Lipinski definition) is 4. The lowest BCUT2D eigenvalue weighted by atomic mass is 9.79. The van der Waals surface area contributed by atoms with E-state index in [1.54, 1.807) is 0 Å². The number of nitrogens with zero attached hydrogens (tertiary/aromatic N) is 2. The normalized spacial score (nSPS) is 18.4. The van der Waals surface area contributed by atoms with Gasteiger partial charge in [0, 0.05) is 32.0 Å². The van der Waals surface area contributed by atoms with Crippen molar-refractivity contribution in [3.63, 3.8) is 0 Å². The van der Waals surface area contributed by atoms with Crippen molar-refractivity contribution in [1.29, 1.82) is 0 Å². The van der Waals surface area contributed by atoms with Gasteiger partial charge in [0.1, 0.15) is 10.1 Å². The van der Waals surface area contributed by atoms with Gasteiger partial charge in [-0.2, -0.15) is 0 Å². The van der Waals surface area contributed by atoms with Crippen molar-refractivity contribution in [1.82, 2.24) is 0 Å². The minimum atomic E-state index is -0.0712. The average molecular weight is 767 g/mol. The van der Waals surface area contributed by atoms with Gasteiger partial charge in [0.05, 0.1) is 11.4 Å². The zero-order valence-electron chi connectivity index (χ0n) is 34.3. The van der Waals surface area contributed by atoms with Crippen molar-refractivity contribution in [3.8, 4) is 22.3 Å². The molecule has 2 heterocycles. The van der Waals surface area contributed by atoms with E-state index in [9.17, 15) is 0 Å². The highest BCUT2D eigenvalue weighted by atomic mass is 32.2. The quantitative estimate of drug-likeness (QED) is 0.173. The van der Waals surface area contributed by atoms with Crippen molar-refractivity contribution in [3.05, 3.63) is 165 Å². The van der Waals surface area contributed by atoms with Crippen molar-refractivity contribution >= 4 is 46.3 Å². The third-order valence-corrected chi connectivity index (χ3v) is 15.2. The first-order valence-corrected chi connectivity index (χ1v) is 21.6. The Morgan fingerprint density at radius 1 is 0.411 bits per heavy atom. The fourth-order valence-corrected chi connectivity index (χ4v) is 11.9. The van der Waals surface area contributed by atoms with Crippen molar-refractivity contribution in [2.24, 2.45) is 0 Å². The molecule has 0 unspecified atom stereocenters. The van der Waals surface area contributed by atoms with Crippen molar-refractivity contribution in [2.45, 2.75) is 101 Å². The molecule has 6 aromatic carbocycles. The predicted molar refractivity (Wildman–Crippen MR) is 241 cm³/mol. The number of anilines is 4. The maximum atomic E-state index is 2.52. The van der Waals surface area contributed by atoms with Gasteiger partial charge in [-0.25, -0.2) is 0 Å². The molecule has 0 aromatic heterocycles. The highest BCUT2D eigenvalue weighted by Crippen LogP contribution is 2.61. The summed E-state index contributed by atoms with van der Waals surface area (Å²) < 4.78 is 0. The smallest absolute Gasteiger partial charge is 0.116 e. The highest BCUT2D eigenvalue weighted by molar-refractivity contribution is 8.07. The van der Waals surface area contributed by atoms with Gasteiger partial charge < -0.3 is 9.80 Å². The van der Waals surface area contributed by atoms with Gasteiger partial charge >= 0.3 is 0 Å². The SMILES string of the molecule is CC(C)(C)c1ccc2c(c1)C(C)(C)c1ccc(N3/C(=C4\Sc5ccccc5N4c4ccc5c(c4)-c4ccc(C(C)(C)C)cc4C5(C)C)Sc4ccccc43)cc1-2. The molecule has 280 valence electrons. The highest BCUT2D eigenvalue weighted by Gasteiger charge is 2.41. The largest absolute Gasteiger partial charge is 0.301 e. The molecule has 0 spiro atoms. The Morgan fingerprint density at radius 2 is 0.804 bits per heavy atom. The molecule has 0 amide bonds. The summed E-state index contributed by atoms with van der Waals surface area (Å²) in [6.07, 6.45) is 0. The van der Waals surface area contributed by atoms with Crippen molar-refractivity contribution < 1.29 is 0 Å². The van der Waals surface area contributed by atoms with E-state index in [1.165, 1.54) is 98.2 Å². The molecule has 10 rings (SSSR count). The van der Waals surface area contributed by atoms with Crippen LogP contribution in [0.2, 0.25) is 0 Å². The zero-order chi connectivity index (χ0) is 39.1. The number of para-hydroxylation sites is 2. The summed E-state index contributed by atoms with van der Waals surface area (Å²) in [6, 6.07) is 46.6. The fraction of sp³-hybridized carbons (Fsp3) is 0.269. The van der Waals surface area contributed by atoms with Crippen LogP contribution in [0.4, 0.5) is 22.7 Å². The summed E-state index contributed by atoms with van der Waals surface area (Å²) in [4.78, 5) is 7.61. The molecule has 0 atom stereocenters. The second-order valence-electron chi connectivity index (χ2n) is 19.2. The Morgan fingerprint density at radius 3 is 1.20 bits per heavy atom. The molecule has 2 aliphatic carbocycles. The average Bonchev–Trinajstić information content (AvgIpc) is 3.86. The molecule has 2 nitrogen and oxygen atoms in total. The van der Waals surface area contributed by atoms with Crippen LogP contribution in [0, 0.1) is 0 Å². The predicted octanol–water partition coefficient (Wildman–Crippen LogP) is 15.2. The van der Waals surface area contributed by atoms with Gasteiger partial charge in [0.25, 0.3) is 0 Å². The topological polar surface area (TPSA) is 6.48 Å². The molecule has 0 bridgehead atoms. The van der Waals surface area contributed by atoms with E-state index < -0.39 is 0 Å². The van der Waals surface area contributed by atoms with Gasteiger partial charge in [-0.05, 0) is 115 Å². The van der Waals surface area contributed by atoms with Gasteiger partial charge in [-0.1, -0.05) is 166 Å². The van der Waals surface area contributed by atoms with Crippen LogP contribution < -0.4 is 9.80 Å². The maximum Gasteiger partial charge on any atom is 0.116 e. The monoisotopic (exact) mass is 766 g/mol. The summed E-state index contributed by atoms with van der Waals surface area (Å²) in [6.45, 7) is 23.4. The molecule has 0 N–H and O–H groups in total. The van der Waals surface area contributed by atoms with Crippen LogP contribution in [0.1, 0.15) is 103 Å². The standard InChI is InChI=1S/C52H50N2S2/c1-49(2,3)31-19-23-35-37-29-33(21-25-39(37)51(7,8)41(35)27-31)53-43-15-11-13-17-45(43)55-47(53)48-54(44-16-12-14-18-46(44)56-48)34-22-26-40-38(30-34)36-24-20-32(50(4,5)6)28-42(36)52(40,9)10/h11-30H,1-10H3/b48-47+. The first kappa shape index (κ1) is 35.8. The summed E-state index contributed by atoms with van der Waals surface area (Å²) in [7, 11) is 0. The molecule has 56 heavy (non-hydrogen) atoms. The van der Waals surface area contributed by atoms with Crippen LogP contribution in [-0.4, -0.2) is 0 Å². The first-order chi connectivity index (χ1) is 26.5. The van der Waals surface area contributed by atoms with Crippen LogP contribution in [-0.2, 0) is 21.7 Å². The number of fused-ring (bicyclic) bond motifs is 8. The molecule has 6 aromatic rings. The van der Waals surface area contributed by atoms with Crippen LogP contribution in [0.3, 0.4) is 0 Å². The minimum Gasteiger partial charge on any atom is -0.301 e. The summed E-state index contributed by atoms with van der Waals surface area (Å²) in [5, 5.41) is 2.48. The van der Waals surface area contributed by atoms with Gasteiger partial charge in [0.2, 0.25) is 0 Å². The molecule has 0 saturated heterocycles. The van der Waals surface area contributed by atoms with Crippen LogP contribution >= 0.6 is 23.5 Å². The lowest BCUT2D eigenvalue weighted by Crippen LogP contribution is -2.19. The zero-order valence-corrected chi connectivity index (χ0v) is 35.9. The first-order valence-electron chi connectivity index (χ1n) is 20.0. The van der Waals surface area contributed by atoms with Gasteiger partial charge in [-0.3, -0.25) is 0 Å². The van der Waals surface area contributed by atoms with E-state index >= 15 is 0 Å². The minimum absolute atomic E-state index is 0.0712. The number of thioether (sulfide) groups is 2. The Bertz CT molecular complexity index is 2500. The Labute approximate surface area is 342 Å². The molecule has 4 aliphatic rings. The third-order valence-electron chi connectivity index (χ3n) is 12.8. The Balaban J connectivity index is 1.14. The van der Waals surface area contributed by atoms with E-state index in [2.05, 4.69) is 200 Å². The molecule has 0 saturated carbocycles. The van der Waals surface area contributed by atoms with E-state index in [-0.39, 0.29) is 21.7 Å². The molecule has 0 fully saturated rings. The summed E-state index contributed by atoms with van der Waals surface area (Å²) in [5.74, 6) is 0. The van der Waals surface area contributed by atoms with Gasteiger partial charge in [0.15, 0.2) is 0 Å². The Hall–Kier alpha value is -4.64. The molecule has 0 radical (unpaired) electrons. The van der Waals surface area contributed by atoms with E-state index in [4.69, 9.17) is 0 Å². The van der Waals surface area contributed by atoms with E-state index in [1.807, 2.05) is 23.5 Å². The van der Waals surface area contributed by atoms with Crippen LogP contribution in [0.5, 0.6) is 0 Å². The Kier molecular flexibility index (Phi) is 7.62. The molecular formula is C52H50N2S2. The van der Waals surface area contributed by atoms with Crippen LogP contribution in [0.15, 0.2) is 141 Å². The lowest BCUT2D eigenvalue weighted by molar-refractivity contribution is 0.584. The maximum absolute atomic E-state index is 2.52. The van der Waals surface area contributed by atoms with Crippen molar-refractivity contribution in [2.75, 3.05) is 9.80 Å². The second kappa shape index (κ2) is 11.9. The third kappa shape index (κ3) is 5.17. The van der Waals surface area contributed by atoms with Crippen LogP contribution in [0.25, 0.3) is 22.3 Å². The summed E-state index contributed by atoms with van der Waals surface area (Å²) in [5.41, 5.74) is 18.7. The number of hydrogen-bond donors (Lipinski definition) is 0. The molecule has 2 aliphatic heterocycles. The lowest BCUT2D eigenvalue weighted by Gasteiger charge is -2.28. The van der Waals surface area contributed by atoms with E-state index in [0.717, 1.165) is 0 Å². The number of benzene rings is 6. The number of rotatable bonds is 2. The molecule has 4 heteroatoms.